The fourth-order valence-corrected chi connectivity index (χ4v) is 0.506. The zero-order valence-electron chi connectivity index (χ0n) is 7.65. The fraction of sp³-hybridized carbons (Fsp3) is 1.00. The van der Waals surface area contributed by atoms with Crippen molar-refractivity contribution in [3.63, 3.8) is 0 Å². The number of hydroxylamine groups is 1. The molecule has 80 valence electrons. The molecule has 1 N–H and O–H groups in total. The molecule has 6 heteroatoms. The first-order chi connectivity index (χ1) is 5.92. The molecule has 0 aromatic rings. The van der Waals surface area contributed by atoms with E-state index in [0.29, 0.717) is 12.5 Å². The van der Waals surface area contributed by atoms with Crippen LogP contribution in [0.15, 0.2) is 0 Å². The van der Waals surface area contributed by atoms with Gasteiger partial charge in [0.1, 0.15) is 0 Å². The van der Waals surface area contributed by atoms with E-state index in [0.717, 1.165) is 0 Å². The van der Waals surface area contributed by atoms with E-state index in [1.54, 1.807) is 0 Å². The lowest BCUT2D eigenvalue weighted by molar-refractivity contribution is -0.324. The minimum absolute atomic E-state index is 0.0201. The van der Waals surface area contributed by atoms with E-state index in [1.165, 1.54) is 0 Å². The van der Waals surface area contributed by atoms with Crippen molar-refractivity contribution in [1.82, 2.24) is 5.48 Å². The summed E-state index contributed by atoms with van der Waals surface area (Å²) in [6.07, 6.45) is -4.56. The highest BCUT2D eigenvalue weighted by Crippen LogP contribution is 2.14. The molecule has 0 aromatic heterocycles. The highest BCUT2D eigenvalue weighted by atomic mass is 19.4. The summed E-state index contributed by atoms with van der Waals surface area (Å²) in [5, 5.41) is 0. The molecule has 0 radical (unpaired) electrons. The van der Waals surface area contributed by atoms with Crippen molar-refractivity contribution in [1.29, 1.82) is 0 Å². The van der Waals surface area contributed by atoms with Crippen molar-refractivity contribution in [3.8, 4) is 0 Å². The molecule has 0 aromatic carbocycles. The second kappa shape index (κ2) is 6.17. The summed E-state index contributed by atoms with van der Waals surface area (Å²) in [6, 6.07) is 0. The van der Waals surface area contributed by atoms with Crippen LogP contribution in [0, 0.1) is 5.92 Å². The molecule has 0 aliphatic rings. The number of rotatable bonds is 6. The SMILES string of the molecule is CC(C)CONCCOC(F)(F)F. The molecule has 0 spiro atoms. The van der Waals surface area contributed by atoms with Gasteiger partial charge in [0.25, 0.3) is 0 Å². The smallest absolute Gasteiger partial charge is 0.301 e. The molecule has 0 saturated carbocycles. The quantitative estimate of drug-likeness (QED) is 0.524. The Kier molecular flexibility index (Phi) is 6.02. The Labute approximate surface area is 75.2 Å². The third kappa shape index (κ3) is 11.7. The predicted octanol–water partition coefficient (Wildman–Crippen LogP) is 1.70. The van der Waals surface area contributed by atoms with Gasteiger partial charge >= 0.3 is 6.36 Å². The van der Waals surface area contributed by atoms with Crippen LogP contribution >= 0.6 is 0 Å². The summed E-state index contributed by atoms with van der Waals surface area (Å²) in [6.45, 7) is 3.92. The van der Waals surface area contributed by atoms with E-state index < -0.39 is 13.0 Å². The number of alkyl halides is 3. The molecule has 0 unspecified atom stereocenters. The topological polar surface area (TPSA) is 30.5 Å². The standard InChI is InChI=1S/C7H14F3NO2/c1-6(2)5-13-11-3-4-12-7(8,9)10/h6,11H,3-5H2,1-2H3. The molecule has 13 heavy (non-hydrogen) atoms. The summed E-state index contributed by atoms with van der Waals surface area (Å²) in [4.78, 5) is 4.81. The van der Waals surface area contributed by atoms with Crippen LogP contribution in [0.3, 0.4) is 0 Å². The lowest BCUT2D eigenvalue weighted by Gasteiger charge is -2.09. The molecule has 0 saturated heterocycles. The van der Waals surface area contributed by atoms with Crippen molar-refractivity contribution in [2.75, 3.05) is 19.8 Å². The molecule has 0 rings (SSSR count). The van der Waals surface area contributed by atoms with Crippen molar-refractivity contribution in [2.45, 2.75) is 20.2 Å². The first kappa shape index (κ1) is 12.7. The number of halogens is 3. The van der Waals surface area contributed by atoms with Gasteiger partial charge in [-0.3, -0.25) is 4.74 Å². The maximum atomic E-state index is 11.4. The average molecular weight is 201 g/mol. The third-order valence-corrected chi connectivity index (χ3v) is 0.989. The van der Waals surface area contributed by atoms with Gasteiger partial charge in [-0.15, -0.1) is 13.2 Å². The number of ether oxygens (including phenoxy) is 1. The van der Waals surface area contributed by atoms with E-state index >= 15 is 0 Å². The summed E-state index contributed by atoms with van der Waals surface area (Å²) in [5.74, 6) is 0.344. The van der Waals surface area contributed by atoms with Gasteiger partial charge in [-0.25, -0.2) is 5.48 Å². The van der Waals surface area contributed by atoms with E-state index in [-0.39, 0.29) is 6.54 Å². The zero-order chi connectivity index (χ0) is 10.3. The van der Waals surface area contributed by atoms with Crippen LogP contribution in [0.1, 0.15) is 13.8 Å². The molecule has 0 amide bonds. The average Bonchev–Trinajstić information content (AvgIpc) is 1.93. The van der Waals surface area contributed by atoms with Gasteiger partial charge in [-0.1, -0.05) is 13.8 Å². The Morgan fingerprint density at radius 2 is 1.92 bits per heavy atom. The lowest BCUT2D eigenvalue weighted by Crippen LogP contribution is -2.25. The molecular formula is C7H14F3NO2. The summed E-state index contributed by atoms with van der Waals surface area (Å²) >= 11 is 0. The summed E-state index contributed by atoms with van der Waals surface area (Å²) in [5.41, 5.74) is 2.36. The minimum Gasteiger partial charge on any atom is -0.301 e. The van der Waals surface area contributed by atoms with Crippen molar-refractivity contribution >= 4 is 0 Å². The van der Waals surface area contributed by atoms with Crippen LogP contribution in [-0.4, -0.2) is 26.1 Å². The molecular weight excluding hydrogens is 187 g/mol. The van der Waals surface area contributed by atoms with Crippen molar-refractivity contribution in [3.05, 3.63) is 0 Å². The largest absolute Gasteiger partial charge is 0.522 e. The van der Waals surface area contributed by atoms with Gasteiger partial charge in [-0.05, 0) is 5.92 Å². The van der Waals surface area contributed by atoms with Crippen LogP contribution < -0.4 is 5.48 Å². The van der Waals surface area contributed by atoms with Gasteiger partial charge in [0.15, 0.2) is 0 Å². The van der Waals surface area contributed by atoms with Gasteiger partial charge in [-0.2, -0.15) is 0 Å². The monoisotopic (exact) mass is 201 g/mol. The van der Waals surface area contributed by atoms with E-state index in [2.05, 4.69) is 10.2 Å². The highest BCUT2D eigenvalue weighted by molar-refractivity contribution is 4.38. The highest BCUT2D eigenvalue weighted by Gasteiger charge is 2.28. The Morgan fingerprint density at radius 3 is 2.38 bits per heavy atom. The summed E-state index contributed by atoms with van der Waals surface area (Å²) in [7, 11) is 0. The van der Waals surface area contributed by atoms with Gasteiger partial charge < -0.3 is 4.84 Å². The lowest BCUT2D eigenvalue weighted by atomic mass is 10.2. The van der Waals surface area contributed by atoms with Gasteiger partial charge in [0.2, 0.25) is 0 Å². The van der Waals surface area contributed by atoms with Crippen molar-refractivity contribution < 1.29 is 22.7 Å². The molecule has 0 aliphatic carbocycles. The fourth-order valence-electron chi connectivity index (χ4n) is 0.506. The van der Waals surface area contributed by atoms with E-state index in [1.807, 2.05) is 13.8 Å². The van der Waals surface area contributed by atoms with Crippen LogP contribution in [0.2, 0.25) is 0 Å². The normalized spacial score (nSPS) is 12.5. The summed E-state index contributed by atoms with van der Waals surface area (Å²) < 4.78 is 37.7. The Balaban J connectivity index is 3.09. The van der Waals surface area contributed by atoms with Crippen LogP contribution in [0.5, 0.6) is 0 Å². The Hall–Kier alpha value is -0.330. The van der Waals surface area contributed by atoms with Crippen LogP contribution in [0.25, 0.3) is 0 Å². The number of hydrogen-bond acceptors (Lipinski definition) is 3. The second-order valence-corrected chi connectivity index (χ2v) is 2.89. The molecule has 0 bridgehead atoms. The minimum atomic E-state index is -4.56. The van der Waals surface area contributed by atoms with Gasteiger partial charge in [0.05, 0.1) is 13.2 Å². The zero-order valence-corrected chi connectivity index (χ0v) is 7.65. The van der Waals surface area contributed by atoms with Crippen molar-refractivity contribution in [2.24, 2.45) is 5.92 Å². The van der Waals surface area contributed by atoms with Gasteiger partial charge in [0, 0.05) is 6.54 Å². The third-order valence-electron chi connectivity index (χ3n) is 0.989. The van der Waals surface area contributed by atoms with Crippen LogP contribution in [-0.2, 0) is 9.57 Å². The molecule has 0 atom stereocenters. The molecule has 0 aliphatic heterocycles. The van der Waals surface area contributed by atoms with E-state index in [4.69, 9.17) is 4.84 Å². The first-order valence-corrected chi connectivity index (χ1v) is 3.97. The molecule has 3 nitrogen and oxygen atoms in total. The van der Waals surface area contributed by atoms with Crippen LogP contribution in [0.4, 0.5) is 13.2 Å². The molecule has 0 heterocycles. The maximum absolute atomic E-state index is 11.4. The molecule has 0 fully saturated rings. The Bertz CT molecular complexity index is 127. The number of hydrogen-bond donors (Lipinski definition) is 1. The number of nitrogens with one attached hydrogen (secondary N) is 1. The maximum Gasteiger partial charge on any atom is 0.522 e. The first-order valence-electron chi connectivity index (χ1n) is 3.97. The predicted molar refractivity (Wildman–Crippen MR) is 40.8 cm³/mol. The van der Waals surface area contributed by atoms with E-state index in [9.17, 15) is 13.2 Å². The second-order valence-electron chi connectivity index (χ2n) is 2.89. The Morgan fingerprint density at radius 1 is 1.31 bits per heavy atom.